The van der Waals surface area contributed by atoms with E-state index in [-0.39, 0.29) is 0 Å². The Kier molecular flexibility index (Phi) is 3.75. The van der Waals surface area contributed by atoms with Crippen LogP contribution in [0.5, 0.6) is 0 Å². The van der Waals surface area contributed by atoms with Crippen molar-refractivity contribution >= 4 is 17.2 Å². The first-order chi connectivity index (χ1) is 8.63. The van der Waals surface area contributed by atoms with Crippen LogP contribution in [-0.2, 0) is 12.0 Å². The lowest BCUT2D eigenvalue weighted by Gasteiger charge is -2.29. The summed E-state index contributed by atoms with van der Waals surface area (Å²) in [5, 5.41) is 0. The molecule has 2 aromatic carbocycles. The van der Waals surface area contributed by atoms with Crippen LogP contribution in [0.15, 0.2) is 60.7 Å². The SMILES string of the molecule is NC(=S)C(N)(Cc1ccccc1)c1ccccc1. The zero-order valence-electron chi connectivity index (χ0n) is 10.0. The summed E-state index contributed by atoms with van der Waals surface area (Å²) in [6.45, 7) is 0. The molecule has 2 nitrogen and oxygen atoms in total. The Morgan fingerprint density at radius 1 is 0.944 bits per heavy atom. The largest absolute Gasteiger partial charge is 0.391 e. The molecule has 2 aromatic rings. The molecule has 3 heteroatoms. The molecule has 0 saturated heterocycles. The summed E-state index contributed by atoms with van der Waals surface area (Å²) in [5.41, 5.74) is 13.6. The quantitative estimate of drug-likeness (QED) is 0.826. The van der Waals surface area contributed by atoms with Crippen LogP contribution in [0.2, 0.25) is 0 Å². The Morgan fingerprint density at radius 3 is 1.94 bits per heavy atom. The van der Waals surface area contributed by atoms with Gasteiger partial charge >= 0.3 is 0 Å². The Bertz CT molecular complexity index is 525. The van der Waals surface area contributed by atoms with Crippen LogP contribution in [0.25, 0.3) is 0 Å². The predicted octanol–water partition coefficient (Wildman–Crippen LogP) is 2.37. The molecule has 0 aliphatic heterocycles. The summed E-state index contributed by atoms with van der Waals surface area (Å²) in [5.74, 6) is 0. The van der Waals surface area contributed by atoms with E-state index in [1.807, 2.05) is 60.7 Å². The molecular weight excluding hydrogens is 240 g/mol. The first kappa shape index (κ1) is 12.7. The van der Waals surface area contributed by atoms with Crippen molar-refractivity contribution in [2.24, 2.45) is 11.5 Å². The van der Waals surface area contributed by atoms with Gasteiger partial charge < -0.3 is 11.5 Å². The summed E-state index contributed by atoms with van der Waals surface area (Å²) in [4.78, 5) is 0.317. The lowest BCUT2D eigenvalue weighted by Crippen LogP contribution is -2.49. The summed E-state index contributed by atoms with van der Waals surface area (Å²) in [6, 6.07) is 19.8. The molecule has 0 aromatic heterocycles. The third-order valence-electron chi connectivity index (χ3n) is 3.05. The van der Waals surface area contributed by atoms with Crippen molar-refractivity contribution in [3.05, 3.63) is 71.8 Å². The maximum absolute atomic E-state index is 6.43. The van der Waals surface area contributed by atoms with Crippen molar-refractivity contribution in [1.82, 2.24) is 0 Å². The van der Waals surface area contributed by atoms with Gasteiger partial charge in [0.25, 0.3) is 0 Å². The van der Waals surface area contributed by atoms with Crippen molar-refractivity contribution in [3.63, 3.8) is 0 Å². The molecule has 0 radical (unpaired) electrons. The molecule has 0 saturated carbocycles. The number of hydrogen-bond acceptors (Lipinski definition) is 2. The zero-order valence-corrected chi connectivity index (χ0v) is 10.9. The van der Waals surface area contributed by atoms with Gasteiger partial charge in [-0.3, -0.25) is 0 Å². The molecule has 2 rings (SSSR count). The first-order valence-electron chi connectivity index (χ1n) is 5.81. The van der Waals surface area contributed by atoms with Crippen LogP contribution in [0.4, 0.5) is 0 Å². The average molecular weight is 256 g/mol. The van der Waals surface area contributed by atoms with E-state index in [9.17, 15) is 0 Å². The Labute approximate surface area is 113 Å². The van der Waals surface area contributed by atoms with Crippen LogP contribution in [0, 0.1) is 0 Å². The molecule has 18 heavy (non-hydrogen) atoms. The van der Waals surface area contributed by atoms with Gasteiger partial charge in [0.15, 0.2) is 0 Å². The number of rotatable bonds is 4. The second kappa shape index (κ2) is 5.29. The van der Waals surface area contributed by atoms with E-state index in [4.69, 9.17) is 23.7 Å². The van der Waals surface area contributed by atoms with E-state index in [1.54, 1.807) is 0 Å². The first-order valence-corrected chi connectivity index (χ1v) is 6.22. The van der Waals surface area contributed by atoms with E-state index in [0.29, 0.717) is 11.4 Å². The van der Waals surface area contributed by atoms with Crippen LogP contribution in [0.3, 0.4) is 0 Å². The van der Waals surface area contributed by atoms with E-state index >= 15 is 0 Å². The normalized spacial score (nSPS) is 13.8. The summed E-state index contributed by atoms with van der Waals surface area (Å²) in [6.07, 6.45) is 0.604. The number of thiocarbonyl (C=S) groups is 1. The van der Waals surface area contributed by atoms with Gasteiger partial charge in [-0.1, -0.05) is 72.9 Å². The average Bonchev–Trinajstić information content (AvgIpc) is 2.40. The highest BCUT2D eigenvalue weighted by Gasteiger charge is 2.30. The van der Waals surface area contributed by atoms with Gasteiger partial charge in [0, 0.05) is 6.42 Å². The van der Waals surface area contributed by atoms with Gasteiger partial charge in [0.2, 0.25) is 0 Å². The van der Waals surface area contributed by atoms with Crippen molar-refractivity contribution < 1.29 is 0 Å². The highest BCUT2D eigenvalue weighted by molar-refractivity contribution is 7.80. The predicted molar refractivity (Wildman–Crippen MR) is 79.2 cm³/mol. The summed E-state index contributed by atoms with van der Waals surface area (Å²) < 4.78 is 0. The molecule has 0 aliphatic rings. The molecule has 4 N–H and O–H groups in total. The molecule has 1 unspecified atom stereocenters. The third-order valence-corrected chi connectivity index (χ3v) is 3.42. The molecule has 1 atom stereocenters. The molecule has 0 spiro atoms. The van der Waals surface area contributed by atoms with E-state index in [0.717, 1.165) is 11.1 Å². The Hall–Kier alpha value is -1.71. The monoisotopic (exact) mass is 256 g/mol. The molecule has 0 heterocycles. The topological polar surface area (TPSA) is 52.0 Å². The van der Waals surface area contributed by atoms with Gasteiger partial charge in [-0.15, -0.1) is 0 Å². The lowest BCUT2D eigenvalue weighted by molar-refractivity contribution is 0.602. The molecule has 0 amide bonds. The fraction of sp³-hybridized carbons (Fsp3) is 0.133. The minimum absolute atomic E-state index is 0.317. The van der Waals surface area contributed by atoms with Gasteiger partial charge in [0.1, 0.15) is 0 Å². The van der Waals surface area contributed by atoms with Gasteiger partial charge in [-0.05, 0) is 11.1 Å². The standard InChI is InChI=1S/C15H16N2S/c16-14(18)15(17,13-9-5-2-6-10-13)11-12-7-3-1-4-8-12/h1-10H,11,17H2,(H2,16,18). The van der Waals surface area contributed by atoms with Gasteiger partial charge in [0.05, 0.1) is 10.5 Å². The van der Waals surface area contributed by atoms with E-state index in [2.05, 4.69) is 0 Å². The minimum Gasteiger partial charge on any atom is -0.391 e. The fourth-order valence-electron chi connectivity index (χ4n) is 1.98. The molecule has 92 valence electrons. The third kappa shape index (κ3) is 2.58. The summed E-state index contributed by atoms with van der Waals surface area (Å²) >= 11 is 5.16. The molecule has 0 fully saturated rings. The van der Waals surface area contributed by atoms with Crippen LogP contribution in [-0.4, -0.2) is 4.99 Å². The Morgan fingerprint density at radius 2 is 1.44 bits per heavy atom. The van der Waals surface area contributed by atoms with Crippen LogP contribution < -0.4 is 11.5 Å². The summed E-state index contributed by atoms with van der Waals surface area (Å²) in [7, 11) is 0. The minimum atomic E-state index is -0.794. The Balaban J connectivity index is 2.37. The van der Waals surface area contributed by atoms with Gasteiger partial charge in [-0.2, -0.15) is 0 Å². The molecular formula is C15H16N2S. The highest BCUT2D eigenvalue weighted by Crippen LogP contribution is 2.23. The number of benzene rings is 2. The van der Waals surface area contributed by atoms with E-state index in [1.165, 1.54) is 0 Å². The van der Waals surface area contributed by atoms with Crippen LogP contribution in [0.1, 0.15) is 11.1 Å². The second-order valence-electron chi connectivity index (χ2n) is 4.36. The number of hydrogen-bond donors (Lipinski definition) is 2. The van der Waals surface area contributed by atoms with Gasteiger partial charge in [-0.25, -0.2) is 0 Å². The van der Waals surface area contributed by atoms with Crippen molar-refractivity contribution in [2.45, 2.75) is 12.0 Å². The fourth-order valence-corrected chi connectivity index (χ4v) is 2.17. The van der Waals surface area contributed by atoms with Crippen molar-refractivity contribution in [2.75, 3.05) is 0 Å². The van der Waals surface area contributed by atoms with Crippen LogP contribution >= 0.6 is 12.2 Å². The lowest BCUT2D eigenvalue weighted by atomic mass is 9.84. The number of nitrogens with two attached hydrogens (primary N) is 2. The molecule has 0 aliphatic carbocycles. The maximum atomic E-state index is 6.43. The molecule has 0 bridgehead atoms. The second-order valence-corrected chi connectivity index (χ2v) is 4.80. The van der Waals surface area contributed by atoms with Crippen molar-refractivity contribution in [3.8, 4) is 0 Å². The zero-order chi connectivity index (χ0) is 13.0. The highest BCUT2D eigenvalue weighted by atomic mass is 32.1. The van der Waals surface area contributed by atoms with Crippen molar-refractivity contribution in [1.29, 1.82) is 0 Å². The van der Waals surface area contributed by atoms with E-state index < -0.39 is 5.54 Å². The smallest absolute Gasteiger partial charge is 0.0979 e. The maximum Gasteiger partial charge on any atom is 0.0979 e.